The van der Waals surface area contributed by atoms with E-state index in [1.54, 1.807) is 0 Å². The van der Waals surface area contributed by atoms with Crippen molar-refractivity contribution in [1.29, 1.82) is 0 Å². The van der Waals surface area contributed by atoms with E-state index >= 15 is 0 Å². The van der Waals surface area contributed by atoms with Crippen LogP contribution < -0.4 is 0 Å². The Hall–Kier alpha value is -1.96. The normalized spacial score (nSPS) is 20.2. The van der Waals surface area contributed by atoms with Crippen LogP contribution in [0.1, 0.15) is 77.6 Å². The minimum atomic E-state index is -1.63. The number of carbonyl (C=O) groups is 4. The largest absolute Gasteiger partial charge is 0.480 e. The summed E-state index contributed by atoms with van der Waals surface area (Å²) in [5, 5.41) is 19.4. The predicted molar refractivity (Wildman–Crippen MR) is 106 cm³/mol. The zero-order valence-corrected chi connectivity index (χ0v) is 17.6. The van der Waals surface area contributed by atoms with Gasteiger partial charge >= 0.3 is 11.9 Å². The maximum atomic E-state index is 12.5. The number of nitrogens with zero attached hydrogens (tertiary/aromatic N) is 1. The molecule has 1 saturated heterocycles. The Bertz CT molecular complexity index is 563. The highest BCUT2D eigenvalue weighted by molar-refractivity contribution is 6.22. The zero-order valence-electron chi connectivity index (χ0n) is 17.6. The summed E-state index contributed by atoms with van der Waals surface area (Å²) in [6, 6.07) is -0.743. The molecule has 29 heavy (non-hydrogen) atoms. The number of carboxylic acid groups (broad SMARTS) is 1. The Kier molecular flexibility index (Phi) is 11.5. The molecule has 1 aliphatic heterocycles. The van der Waals surface area contributed by atoms with E-state index in [1.807, 2.05) is 0 Å². The molecule has 8 heteroatoms. The predicted octanol–water partition coefficient (Wildman–Crippen LogP) is 2.31. The fourth-order valence-electron chi connectivity index (χ4n) is 3.70. The van der Waals surface area contributed by atoms with Crippen LogP contribution >= 0.6 is 0 Å². The van der Waals surface area contributed by atoms with Crippen LogP contribution in [0.15, 0.2) is 0 Å². The van der Waals surface area contributed by atoms with E-state index in [0.29, 0.717) is 38.5 Å². The molecule has 0 saturated carbocycles. The van der Waals surface area contributed by atoms with Crippen molar-refractivity contribution < 1.29 is 34.1 Å². The minimum absolute atomic E-state index is 0.189. The number of carbonyl (C=O) groups excluding carboxylic acids is 3. The van der Waals surface area contributed by atoms with Gasteiger partial charge in [0.1, 0.15) is 0 Å². The standard InChI is InChI=1S/C21H35NO7/c1-3-4-7-10-15(23)13-14-22-16(19(25)18(20(22)26)21(27)28)11-8-5-6-9-12-17(24)29-2/h15-16,18,23H,3-14H2,1-2H3,(H,27,28). The van der Waals surface area contributed by atoms with Crippen LogP contribution in [0.5, 0.6) is 0 Å². The highest BCUT2D eigenvalue weighted by Crippen LogP contribution is 2.26. The molecule has 1 aliphatic rings. The number of hydrogen-bond acceptors (Lipinski definition) is 6. The summed E-state index contributed by atoms with van der Waals surface area (Å²) >= 11 is 0. The van der Waals surface area contributed by atoms with Gasteiger partial charge in [-0.15, -0.1) is 0 Å². The third kappa shape index (κ3) is 8.12. The van der Waals surface area contributed by atoms with Gasteiger partial charge in [0.15, 0.2) is 11.7 Å². The number of hydrogen-bond donors (Lipinski definition) is 2. The lowest BCUT2D eigenvalue weighted by Crippen LogP contribution is -2.37. The van der Waals surface area contributed by atoms with E-state index < -0.39 is 35.7 Å². The lowest BCUT2D eigenvalue weighted by Gasteiger charge is -2.24. The summed E-state index contributed by atoms with van der Waals surface area (Å²) in [4.78, 5) is 48.8. The molecule has 1 heterocycles. The van der Waals surface area contributed by atoms with Gasteiger partial charge in [-0.1, -0.05) is 45.4 Å². The SMILES string of the molecule is CCCCCC(O)CCN1C(=O)C(C(=O)O)C(=O)C1CCCCCCC(=O)OC. The van der Waals surface area contributed by atoms with Gasteiger partial charge in [-0.3, -0.25) is 19.2 Å². The number of ether oxygens (including phenoxy) is 1. The third-order valence-electron chi connectivity index (χ3n) is 5.45. The third-order valence-corrected chi connectivity index (χ3v) is 5.45. The zero-order chi connectivity index (χ0) is 21.8. The van der Waals surface area contributed by atoms with E-state index in [9.17, 15) is 29.4 Å². The number of unbranched alkanes of at least 4 members (excludes halogenated alkanes) is 5. The second-order valence-electron chi connectivity index (χ2n) is 7.69. The molecule has 0 aliphatic carbocycles. The second kappa shape index (κ2) is 13.3. The van der Waals surface area contributed by atoms with Gasteiger partial charge < -0.3 is 19.8 Å². The molecule has 1 rings (SSSR count). The molecule has 0 spiro atoms. The monoisotopic (exact) mass is 413 g/mol. The number of rotatable bonds is 15. The minimum Gasteiger partial charge on any atom is -0.480 e. The molecule has 2 N–H and O–H groups in total. The fraction of sp³-hybridized carbons (Fsp3) is 0.810. The molecule has 3 unspecified atom stereocenters. The number of ketones is 1. The van der Waals surface area contributed by atoms with Gasteiger partial charge in [-0.2, -0.15) is 0 Å². The maximum Gasteiger partial charge on any atom is 0.323 e. The second-order valence-corrected chi connectivity index (χ2v) is 7.69. The first-order valence-corrected chi connectivity index (χ1v) is 10.6. The molecule has 0 aromatic carbocycles. The number of aliphatic carboxylic acids is 1. The van der Waals surface area contributed by atoms with Crippen LogP contribution in [0.2, 0.25) is 0 Å². The number of aliphatic hydroxyl groups is 1. The quantitative estimate of drug-likeness (QED) is 0.240. The van der Waals surface area contributed by atoms with Crippen LogP contribution in [-0.2, 0) is 23.9 Å². The number of likely N-dealkylation sites (tertiary alicyclic amines) is 1. The Balaban J connectivity index is 2.55. The molecule has 166 valence electrons. The van der Waals surface area contributed by atoms with Crippen molar-refractivity contribution in [3.05, 3.63) is 0 Å². The van der Waals surface area contributed by atoms with Gasteiger partial charge in [0.05, 0.1) is 19.3 Å². The first-order valence-electron chi connectivity index (χ1n) is 10.6. The number of amides is 1. The van der Waals surface area contributed by atoms with Crippen molar-refractivity contribution in [1.82, 2.24) is 4.90 Å². The topological polar surface area (TPSA) is 121 Å². The number of carboxylic acids is 1. The Morgan fingerprint density at radius 3 is 2.38 bits per heavy atom. The maximum absolute atomic E-state index is 12.5. The smallest absolute Gasteiger partial charge is 0.323 e. The van der Waals surface area contributed by atoms with Gasteiger partial charge in [0, 0.05) is 13.0 Å². The summed E-state index contributed by atoms with van der Waals surface area (Å²) < 4.78 is 4.59. The van der Waals surface area contributed by atoms with E-state index in [0.717, 1.165) is 32.1 Å². The molecule has 1 amide bonds. The van der Waals surface area contributed by atoms with Crippen molar-refractivity contribution in [3.8, 4) is 0 Å². The van der Waals surface area contributed by atoms with Crippen molar-refractivity contribution in [2.75, 3.05) is 13.7 Å². The molecule has 0 aromatic heterocycles. The van der Waals surface area contributed by atoms with Gasteiger partial charge in [0.25, 0.3) is 0 Å². The first kappa shape index (κ1) is 25.1. The summed E-state index contributed by atoms with van der Waals surface area (Å²) in [5.41, 5.74) is 0. The van der Waals surface area contributed by atoms with Gasteiger partial charge in [-0.05, 0) is 25.7 Å². The molecule has 0 aromatic rings. The Morgan fingerprint density at radius 1 is 1.07 bits per heavy atom. The van der Waals surface area contributed by atoms with Crippen LogP contribution in [0.4, 0.5) is 0 Å². The van der Waals surface area contributed by atoms with E-state index in [4.69, 9.17) is 0 Å². The van der Waals surface area contributed by atoms with Crippen molar-refractivity contribution in [2.45, 2.75) is 89.7 Å². The molecule has 1 fully saturated rings. The van der Waals surface area contributed by atoms with E-state index in [-0.39, 0.29) is 12.5 Å². The molecule has 3 atom stereocenters. The molecular formula is C21H35NO7. The first-order chi connectivity index (χ1) is 13.8. The molecule has 8 nitrogen and oxygen atoms in total. The Labute approximate surface area is 172 Å². The highest BCUT2D eigenvalue weighted by atomic mass is 16.5. The molecule has 0 bridgehead atoms. The van der Waals surface area contributed by atoms with Gasteiger partial charge in [0.2, 0.25) is 5.91 Å². The van der Waals surface area contributed by atoms with Crippen LogP contribution in [0, 0.1) is 5.92 Å². The summed E-state index contributed by atoms with van der Waals surface area (Å²) in [6.45, 7) is 2.27. The highest BCUT2D eigenvalue weighted by Gasteiger charge is 2.50. The number of Topliss-reactive ketones (excluding diaryl/α,β-unsaturated/α-hetero) is 1. The molecular weight excluding hydrogens is 378 g/mol. The number of esters is 1. The van der Waals surface area contributed by atoms with Crippen LogP contribution in [0.3, 0.4) is 0 Å². The lowest BCUT2D eigenvalue weighted by atomic mass is 9.99. The van der Waals surface area contributed by atoms with Crippen molar-refractivity contribution in [2.24, 2.45) is 5.92 Å². The number of aliphatic hydroxyl groups excluding tert-OH is 1. The van der Waals surface area contributed by atoms with Crippen molar-refractivity contribution >= 4 is 23.6 Å². The van der Waals surface area contributed by atoms with Crippen molar-refractivity contribution in [3.63, 3.8) is 0 Å². The lowest BCUT2D eigenvalue weighted by molar-refractivity contribution is -0.149. The average molecular weight is 414 g/mol. The van der Waals surface area contributed by atoms with Gasteiger partial charge in [-0.25, -0.2) is 0 Å². The molecule has 0 radical (unpaired) electrons. The van der Waals surface area contributed by atoms with Crippen LogP contribution in [-0.4, -0.2) is 64.5 Å². The summed E-state index contributed by atoms with van der Waals surface area (Å²) in [7, 11) is 1.35. The van der Waals surface area contributed by atoms with E-state index in [1.165, 1.54) is 12.0 Å². The van der Waals surface area contributed by atoms with E-state index in [2.05, 4.69) is 11.7 Å². The Morgan fingerprint density at radius 2 is 1.76 bits per heavy atom. The average Bonchev–Trinajstić information content (AvgIpc) is 2.92. The summed E-state index contributed by atoms with van der Waals surface area (Å²) in [5.74, 6) is -4.52. The number of methoxy groups -OCH3 is 1. The summed E-state index contributed by atoms with van der Waals surface area (Å²) in [6.07, 6.45) is 7.06. The fourth-order valence-corrected chi connectivity index (χ4v) is 3.70. The van der Waals surface area contributed by atoms with Crippen LogP contribution in [0.25, 0.3) is 0 Å².